The molecule has 1 spiro atoms. The quantitative estimate of drug-likeness (QED) is 0.738. The van der Waals surface area contributed by atoms with Crippen LogP contribution in [0.4, 0.5) is 0 Å². The lowest BCUT2D eigenvalue weighted by Gasteiger charge is -2.51. The molecule has 0 aliphatic carbocycles. The van der Waals surface area contributed by atoms with Crippen LogP contribution >= 0.6 is 0 Å². The summed E-state index contributed by atoms with van der Waals surface area (Å²) in [6.45, 7) is 5.04. The molecule has 142 valence electrons. The van der Waals surface area contributed by atoms with Crippen LogP contribution in [0.25, 0.3) is 0 Å². The zero-order chi connectivity index (χ0) is 18.8. The number of likely N-dealkylation sites (tertiary alicyclic amines) is 1. The van der Waals surface area contributed by atoms with E-state index in [1.54, 1.807) is 30.3 Å². The van der Waals surface area contributed by atoms with Crippen molar-refractivity contribution in [3.05, 3.63) is 36.9 Å². The number of nitrogens with zero attached hydrogens (tertiary/aromatic N) is 2. The number of amides is 1. The van der Waals surface area contributed by atoms with Crippen molar-refractivity contribution in [2.75, 3.05) is 26.7 Å². The molecule has 1 atom stereocenters. The number of ether oxygens (including phenoxy) is 1. The van der Waals surface area contributed by atoms with Crippen LogP contribution in [0.3, 0.4) is 0 Å². The Morgan fingerprint density at radius 1 is 1.31 bits per heavy atom. The van der Waals surface area contributed by atoms with Gasteiger partial charge in [-0.1, -0.05) is 12.1 Å². The van der Waals surface area contributed by atoms with E-state index in [1.807, 2.05) is 4.90 Å². The maximum absolute atomic E-state index is 13.2. The molecule has 0 N–H and O–H groups in total. The molecule has 6 nitrogen and oxygen atoms in total. The topological polar surface area (TPSA) is 66.9 Å². The van der Waals surface area contributed by atoms with Crippen molar-refractivity contribution in [1.82, 2.24) is 9.21 Å². The molecular formula is C19H26N2O4S. The van der Waals surface area contributed by atoms with Crippen molar-refractivity contribution in [3.63, 3.8) is 0 Å². The Balaban J connectivity index is 1.91. The van der Waals surface area contributed by atoms with Crippen LogP contribution in [0.15, 0.2) is 41.8 Å². The molecule has 2 aliphatic heterocycles. The average Bonchev–Trinajstić information content (AvgIpc) is 2.65. The first-order valence-corrected chi connectivity index (χ1v) is 10.4. The second kappa shape index (κ2) is 7.40. The van der Waals surface area contributed by atoms with E-state index < -0.39 is 15.6 Å². The third kappa shape index (κ3) is 3.38. The molecule has 2 aliphatic rings. The Morgan fingerprint density at radius 3 is 2.81 bits per heavy atom. The molecule has 1 aromatic rings. The minimum atomic E-state index is -3.64. The van der Waals surface area contributed by atoms with Crippen LogP contribution < -0.4 is 4.74 Å². The standard InChI is InChI=1S/C19H26N2O4S/c1-3-12-21-18(22)9-5-10-19(21)11-6-13-20(15-19)26(23,24)17-8-4-7-16(14-17)25-2/h3-4,7-8,14H,1,5-6,9-13,15H2,2H3. The third-order valence-corrected chi connectivity index (χ3v) is 7.26. The number of hydrogen-bond acceptors (Lipinski definition) is 4. The fourth-order valence-electron chi connectivity index (χ4n) is 4.14. The largest absolute Gasteiger partial charge is 0.497 e. The summed E-state index contributed by atoms with van der Waals surface area (Å²) in [5.41, 5.74) is -0.423. The van der Waals surface area contributed by atoms with Gasteiger partial charge in [-0.05, 0) is 37.8 Å². The molecule has 1 amide bonds. The minimum absolute atomic E-state index is 0.0942. The Labute approximate surface area is 155 Å². The highest BCUT2D eigenvalue weighted by Gasteiger charge is 2.47. The number of carbonyl (C=O) groups is 1. The van der Waals surface area contributed by atoms with Crippen molar-refractivity contribution in [2.24, 2.45) is 0 Å². The molecule has 2 saturated heterocycles. The fourth-order valence-corrected chi connectivity index (χ4v) is 5.73. The Morgan fingerprint density at radius 2 is 2.08 bits per heavy atom. The predicted octanol–water partition coefficient (Wildman–Crippen LogP) is 2.42. The summed E-state index contributed by atoms with van der Waals surface area (Å²) in [5.74, 6) is 0.607. The predicted molar refractivity (Wildman–Crippen MR) is 99.5 cm³/mol. The molecule has 0 bridgehead atoms. The first kappa shape index (κ1) is 18.9. The minimum Gasteiger partial charge on any atom is -0.497 e. The van der Waals surface area contributed by atoms with Gasteiger partial charge >= 0.3 is 0 Å². The lowest BCUT2D eigenvalue weighted by Crippen LogP contribution is -2.63. The van der Waals surface area contributed by atoms with Crippen molar-refractivity contribution in [3.8, 4) is 5.75 Å². The van der Waals surface area contributed by atoms with Gasteiger partial charge in [-0.2, -0.15) is 4.31 Å². The highest BCUT2D eigenvalue weighted by atomic mass is 32.2. The first-order valence-electron chi connectivity index (χ1n) is 8.98. The molecule has 1 aromatic carbocycles. The van der Waals surface area contributed by atoms with E-state index in [0.717, 1.165) is 25.7 Å². The van der Waals surface area contributed by atoms with Gasteiger partial charge in [-0.15, -0.1) is 6.58 Å². The maximum Gasteiger partial charge on any atom is 0.243 e. The van der Waals surface area contributed by atoms with E-state index in [1.165, 1.54) is 11.4 Å². The second-order valence-electron chi connectivity index (χ2n) is 6.99. The molecule has 1 unspecified atom stereocenters. The van der Waals surface area contributed by atoms with E-state index in [2.05, 4.69) is 6.58 Å². The van der Waals surface area contributed by atoms with Crippen molar-refractivity contribution >= 4 is 15.9 Å². The zero-order valence-corrected chi connectivity index (χ0v) is 16.0. The van der Waals surface area contributed by atoms with Crippen LogP contribution in [-0.2, 0) is 14.8 Å². The Hall–Kier alpha value is -1.86. The number of sulfonamides is 1. The van der Waals surface area contributed by atoms with Crippen molar-refractivity contribution < 1.29 is 17.9 Å². The van der Waals surface area contributed by atoms with Gasteiger partial charge < -0.3 is 9.64 Å². The van der Waals surface area contributed by atoms with Gasteiger partial charge in [-0.25, -0.2) is 8.42 Å². The number of piperidine rings is 2. The Kier molecular flexibility index (Phi) is 5.39. The van der Waals surface area contributed by atoms with Crippen LogP contribution in [-0.4, -0.2) is 55.8 Å². The van der Waals surface area contributed by atoms with E-state index in [9.17, 15) is 13.2 Å². The summed E-state index contributed by atoms with van der Waals surface area (Å²) < 4.78 is 33.0. The molecule has 3 rings (SSSR count). The number of hydrogen-bond donors (Lipinski definition) is 0. The van der Waals surface area contributed by atoms with Crippen LogP contribution in [0.1, 0.15) is 32.1 Å². The summed E-state index contributed by atoms with van der Waals surface area (Å²) >= 11 is 0. The van der Waals surface area contributed by atoms with E-state index in [0.29, 0.717) is 31.8 Å². The highest BCUT2D eigenvalue weighted by Crippen LogP contribution is 2.38. The lowest BCUT2D eigenvalue weighted by molar-refractivity contribution is -0.143. The Bertz CT molecular complexity index is 788. The van der Waals surface area contributed by atoms with E-state index in [4.69, 9.17) is 4.74 Å². The highest BCUT2D eigenvalue weighted by molar-refractivity contribution is 7.89. The SMILES string of the molecule is C=CCN1C(=O)CCCC12CCCN(S(=O)(=O)c1cccc(OC)c1)C2. The number of methoxy groups -OCH3 is 1. The second-order valence-corrected chi connectivity index (χ2v) is 8.93. The van der Waals surface area contributed by atoms with Crippen LogP contribution in [0.2, 0.25) is 0 Å². The van der Waals surface area contributed by atoms with Gasteiger partial charge in [-0.3, -0.25) is 4.79 Å². The summed E-state index contributed by atoms with van der Waals surface area (Å²) in [7, 11) is -2.12. The number of carbonyl (C=O) groups excluding carboxylic acids is 1. The zero-order valence-electron chi connectivity index (χ0n) is 15.2. The van der Waals surface area contributed by atoms with Crippen molar-refractivity contribution in [1.29, 1.82) is 0 Å². The molecule has 26 heavy (non-hydrogen) atoms. The molecule has 0 aromatic heterocycles. The molecule has 0 saturated carbocycles. The molecular weight excluding hydrogens is 352 g/mol. The van der Waals surface area contributed by atoms with Gasteiger partial charge in [0.15, 0.2) is 0 Å². The van der Waals surface area contributed by atoms with Crippen molar-refractivity contribution in [2.45, 2.75) is 42.5 Å². The number of rotatable bonds is 5. The number of benzene rings is 1. The van der Waals surface area contributed by atoms with Gasteiger partial charge in [0.05, 0.1) is 17.5 Å². The monoisotopic (exact) mass is 378 g/mol. The molecule has 2 fully saturated rings. The summed E-state index contributed by atoms with van der Waals surface area (Å²) in [6.07, 6.45) is 5.45. The van der Waals surface area contributed by atoms with E-state index in [-0.39, 0.29) is 10.8 Å². The maximum atomic E-state index is 13.2. The first-order chi connectivity index (χ1) is 12.4. The average molecular weight is 378 g/mol. The van der Waals surface area contributed by atoms with Gasteiger partial charge in [0.2, 0.25) is 15.9 Å². The van der Waals surface area contributed by atoms with Gasteiger partial charge in [0, 0.05) is 32.1 Å². The molecule has 0 radical (unpaired) electrons. The molecule has 7 heteroatoms. The summed E-state index contributed by atoms with van der Waals surface area (Å²) in [5, 5.41) is 0. The summed E-state index contributed by atoms with van der Waals surface area (Å²) in [6, 6.07) is 6.54. The fraction of sp³-hybridized carbons (Fsp3) is 0.526. The lowest BCUT2D eigenvalue weighted by atomic mass is 9.80. The smallest absolute Gasteiger partial charge is 0.243 e. The normalized spacial score (nSPS) is 24.7. The molecule has 2 heterocycles. The third-order valence-electron chi connectivity index (χ3n) is 5.42. The van der Waals surface area contributed by atoms with Crippen LogP contribution in [0, 0.1) is 0 Å². The summed E-state index contributed by atoms with van der Waals surface area (Å²) in [4.78, 5) is 14.5. The van der Waals surface area contributed by atoms with Gasteiger partial charge in [0.1, 0.15) is 5.75 Å². The van der Waals surface area contributed by atoms with Gasteiger partial charge in [0.25, 0.3) is 0 Å². The van der Waals surface area contributed by atoms with E-state index >= 15 is 0 Å². The van der Waals surface area contributed by atoms with Crippen LogP contribution in [0.5, 0.6) is 5.75 Å².